The molecule has 1 heterocycles. The minimum atomic E-state index is -1.11. The molecule has 0 unspecified atom stereocenters. The molecule has 1 aliphatic heterocycles. The van der Waals surface area contributed by atoms with Gasteiger partial charge in [-0.05, 0) is 66.2 Å². The number of para-hydroxylation sites is 1. The number of carboxylic acids is 1. The van der Waals surface area contributed by atoms with E-state index in [1.54, 1.807) is 13.2 Å². The molecule has 0 spiro atoms. The standard InChI is InChI=1S/C22H23NO3/c1-26-15-5-2-4-14(11-15)20-19-13-9-8-12(10-13)18(19)16-6-3-7-17(22(24)25)21(16)23-20/h2-7,11-13,18-20,23H,8-10H2,1H3,(H,24,25)/p-1/t12-,13+,18+,19+,20-/m0/s1. The topological polar surface area (TPSA) is 61.4 Å². The van der Waals surface area contributed by atoms with Gasteiger partial charge in [0, 0.05) is 11.3 Å². The highest BCUT2D eigenvalue weighted by molar-refractivity contribution is 5.94. The molecule has 4 nitrogen and oxygen atoms in total. The van der Waals surface area contributed by atoms with Gasteiger partial charge >= 0.3 is 0 Å². The Morgan fingerprint density at radius 1 is 1.15 bits per heavy atom. The highest BCUT2D eigenvalue weighted by Crippen LogP contribution is 2.64. The van der Waals surface area contributed by atoms with E-state index in [2.05, 4.69) is 23.5 Å². The van der Waals surface area contributed by atoms with Gasteiger partial charge in [0.1, 0.15) is 5.75 Å². The molecule has 5 rings (SSSR count). The number of carbonyl (C=O) groups is 1. The van der Waals surface area contributed by atoms with Crippen LogP contribution in [0, 0.1) is 17.8 Å². The average molecular weight is 348 g/mol. The number of methoxy groups -OCH3 is 1. The maximum atomic E-state index is 11.7. The molecular formula is C22H22NO3-. The SMILES string of the molecule is COc1cccc([C@@H]2Nc3c(C(=O)[O-])cccc3[C@H]3[C@H]4CC[C@H](C4)[C@H]32)c1. The lowest BCUT2D eigenvalue weighted by Crippen LogP contribution is -2.37. The summed E-state index contributed by atoms with van der Waals surface area (Å²) in [5.41, 5.74) is 3.37. The first-order chi connectivity index (χ1) is 12.7. The van der Waals surface area contributed by atoms with Gasteiger partial charge in [-0.2, -0.15) is 0 Å². The average Bonchev–Trinajstić information content (AvgIpc) is 3.29. The van der Waals surface area contributed by atoms with Crippen molar-refractivity contribution in [3.63, 3.8) is 0 Å². The molecule has 134 valence electrons. The summed E-state index contributed by atoms with van der Waals surface area (Å²) in [7, 11) is 1.68. The van der Waals surface area contributed by atoms with Gasteiger partial charge in [-0.3, -0.25) is 0 Å². The maximum absolute atomic E-state index is 11.7. The number of carbonyl (C=O) groups excluding carboxylic acids is 1. The van der Waals surface area contributed by atoms with E-state index in [4.69, 9.17) is 4.74 Å². The molecule has 2 aliphatic carbocycles. The highest BCUT2D eigenvalue weighted by Gasteiger charge is 2.54. The summed E-state index contributed by atoms with van der Waals surface area (Å²) in [5, 5.41) is 15.3. The largest absolute Gasteiger partial charge is 0.545 e. The predicted molar refractivity (Wildman–Crippen MR) is 97.2 cm³/mol. The van der Waals surface area contributed by atoms with Crippen molar-refractivity contribution in [1.82, 2.24) is 0 Å². The lowest BCUT2D eigenvalue weighted by molar-refractivity contribution is -0.254. The molecular weight excluding hydrogens is 326 g/mol. The van der Waals surface area contributed by atoms with Gasteiger partial charge in [0.25, 0.3) is 0 Å². The summed E-state index contributed by atoms with van der Waals surface area (Å²) in [6.07, 6.45) is 3.79. The number of aromatic carboxylic acids is 1. The number of ether oxygens (including phenoxy) is 1. The van der Waals surface area contributed by atoms with Crippen molar-refractivity contribution in [3.8, 4) is 5.75 Å². The van der Waals surface area contributed by atoms with Crippen molar-refractivity contribution < 1.29 is 14.6 Å². The van der Waals surface area contributed by atoms with Crippen molar-refractivity contribution in [1.29, 1.82) is 0 Å². The number of anilines is 1. The zero-order valence-corrected chi connectivity index (χ0v) is 14.8. The summed E-state index contributed by atoms with van der Waals surface area (Å²) in [6.45, 7) is 0. The first-order valence-electron chi connectivity index (χ1n) is 9.42. The van der Waals surface area contributed by atoms with Crippen LogP contribution in [0.4, 0.5) is 5.69 Å². The lowest BCUT2D eigenvalue weighted by Gasteiger charge is -2.44. The van der Waals surface area contributed by atoms with Crippen LogP contribution in [0.5, 0.6) is 5.75 Å². The van der Waals surface area contributed by atoms with Gasteiger partial charge < -0.3 is 20.0 Å². The Bertz CT molecular complexity index is 877. The van der Waals surface area contributed by atoms with Crippen LogP contribution in [0.25, 0.3) is 0 Å². The van der Waals surface area contributed by atoms with Gasteiger partial charge in [-0.1, -0.05) is 30.3 Å². The Balaban J connectivity index is 1.66. The highest BCUT2D eigenvalue weighted by atomic mass is 16.5. The van der Waals surface area contributed by atoms with Crippen molar-refractivity contribution in [2.45, 2.75) is 31.2 Å². The van der Waals surface area contributed by atoms with E-state index >= 15 is 0 Å². The molecule has 2 aromatic carbocycles. The molecule has 26 heavy (non-hydrogen) atoms. The van der Waals surface area contributed by atoms with Gasteiger partial charge in [-0.15, -0.1) is 0 Å². The second-order valence-corrected chi connectivity index (χ2v) is 7.89. The Kier molecular flexibility index (Phi) is 3.49. The Hall–Kier alpha value is -2.49. The Morgan fingerprint density at radius 3 is 2.77 bits per heavy atom. The second kappa shape index (κ2) is 5.76. The zero-order valence-electron chi connectivity index (χ0n) is 14.8. The minimum Gasteiger partial charge on any atom is -0.545 e. The fraction of sp³-hybridized carbons (Fsp3) is 0.409. The quantitative estimate of drug-likeness (QED) is 0.924. The summed E-state index contributed by atoms with van der Waals surface area (Å²) in [6, 6.07) is 13.9. The van der Waals surface area contributed by atoms with Gasteiger partial charge in [0.2, 0.25) is 0 Å². The zero-order chi connectivity index (χ0) is 17.8. The first kappa shape index (κ1) is 15.7. The molecule has 0 aromatic heterocycles. The monoisotopic (exact) mass is 348 g/mol. The Morgan fingerprint density at radius 2 is 1.96 bits per heavy atom. The molecule has 2 fully saturated rings. The molecule has 2 bridgehead atoms. The van der Waals surface area contributed by atoms with Gasteiger partial charge in [0.05, 0.1) is 19.1 Å². The van der Waals surface area contributed by atoms with Crippen molar-refractivity contribution in [3.05, 3.63) is 59.2 Å². The molecule has 0 saturated heterocycles. The summed E-state index contributed by atoms with van der Waals surface area (Å²) in [5.74, 6) is 2.03. The summed E-state index contributed by atoms with van der Waals surface area (Å²) >= 11 is 0. The number of rotatable bonds is 3. The van der Waals surface area contributed by atoms with Gasteiger partial charge in [0.15, 0.2) is 0 Å². The van der Waals surface area contributed by atoms with E-state index in [1.807, 2.05) is 18.2 Å². The van der Waals surface area contributed by atoms with Crippen LogP contribution in [0.15, 0.2) is 42.5 Å². The molecule has 2 aromatic rings. The first-order valence-corrected chi connectivity index (χ1v) is 9.42. The third-order valence-corrected chi connectivity index (χ3v) is 6.79. The third kappa shape index (κ3) is 2.17. The van der Waals surface area contributed by atoms with E-state index in [0.29, 0.717) is 23.7 Å². The second-order valence-electron chi connectivity index (χ2n) is 7.89. The number of fused-ring (bicyclic) bond motifs is 7. The summed E-state index contributed by atoms with van der Waals surface area (Å²) < 4.78 is 5.42. The van der Waals surface area contributed by atoms with Crippen LogP contribution >= 0.6 is 0 Å². The van der Waals surface area contributed by atoms with E-state index in [-0.39, 0.29) is 11.6 Å². The van der Waals surface area contributed by atoms with Crippen LogP contribution in [0.2, 0.25) is 0 Å². The molecule has 0 radical (unpaired) electrons. The predicted octanol–water partition coefficient (Wildman–Crippen LogP) is 3.36. The molecule has 1 N–H and O–H groups in total. The van der Waals surface area contributed by atoms with Crippen LogP contribution in [0.1, 0.15) is 52.7 Å². The molecule has 5 atom stereocenters. The minimum absolute atomic E-state index is 0.110. The molecule has 2 saturated carbocycles. The van der Waals surface area contributed by atoms with E-state index < -0.39 is 5.97 Å². The number of nitrogens with one attached hydrogen (secondary N) is 1. The van der Waals surface area contributed by atoms with E-state index in [1.165, 1.54) is 30.4 Å². The van der Waals surface area contributed by atoms with Crippen LogP contribution in [-0.2, 0) is 0 Å². The number of benzene rings is 2. The van der Waals surface area contributed by atoms with Crippen LogP contribution < -0.4 is 15.2 Å². The van der Waals surface area contributed by atoms with Gasteiger partial charge in [-0.25, -0.2) is 0 Å². The van der Waals surface area contributed by atoms with Crippen molar-refractivity contribution in [2.75, 3.05) is 12.4 Å². The number of carboxylic acid groups (broad SMARTS) is 1. The van der Waals surface area contributed by atoms with Crippen LogP contribution in [-0.4, -0.2) is 13.1 Å². The van der Waals surface area contributed by atoms with E-state index in [9.17, 15) is 9.90 Å². The molecule has 0 amide bonds. The van der Waals surface area contributed by atoms with Crippen molar-refractivity contribution in [2.24, 2.45) is 17.8 Å². The Labute approximate surface area is 153 Å². The third-order valence-electron chi connectivity index (χ3n) is 6.79. The molecule has 3 aliphatic rings. The smallest absolute Gasteiger partial charge is 0.119 e. The number of hydrogen-bond donors (Lipinski definition) is 1. The normalized spacial score (nSPS) is 31.0. The lowest BCUT2D eigenvalue weighted by atomic mass is 9.67. The maximum Gasteiger partial charge on any atom is 0.119 e. The van der Waals surface area contributed by atoms with E-state index in [0.717, 1.165) is 11.4 Å². The van der Waals surface area contributed by atoms with Crippen molar-refractivity contribution >= 4 is 11.7 Å². The fourth-order valence-corrected chi connectivity index (χ4v) is 5.85. The molecule has 4 heteroatoms. The fourth-order valence-electron chi connectivity index (χ4n) is 5.85. The number of hydrogen-bond acceptors (Lipinski definition) is 4. The van der Waals surface area contributed by atoms with Crippen LogP contribution in [0.3, 0.4) is 0 Å². The summed E-state index contributed by atoms with van der Waals surface area (Å²) in [4.78, 5) is 11.7.